The molecule has 2 rings (SSSR count). The number of hydrogen-bond donors (Lipinski definition) is 4. The van der Waals surface area contributed by atoms with Crippen LogP contribution in [-0.2, 0) is 0 Å². The van der Waals surface area contributed by atoms with Gasteiger partial charge in [0.15, 0.2) is 0 Å². The summed E-state index contributed by atoms with van der Waals surface area (Å²) in [6.45, 7) is 5.38. The SMILES string of the molecule is CCC(CCO)CNC(C)c1ccc2[nH]c(=O)[nH]c2c1. The zero-order chi connectivity index (χ0) is 14.5. The molecule has 0 bridgehead atoms. The van der Waals surface area contributed by atoms with Gasteiger partial charge in [-0.15, -0.1) is 0 Å². The second-order valence-electron chi connectivity index (χ2n) is 5.30. The molecule has 0 aliphatic carbocycles. The third kappa shape index (κ3) is 3.49. The van der Waals surface area contributed by atoms with E-state index in [-0.39, 0.29) is 18.3 Å². The van der Waals surface area contributed by atoms with Crippen molar-refractivity contribution in [2.75, 3.05) is 13.2 Å². The van der Waals surface area contributed by atoms with E-state index >= 15 is 0 Å². The van der Waals surface area contributed by atoms with Gasteiger partial charge in [-0.1, -0.05) is 19.4 Å². The summed E-state index contributed by atoms with van der Waals surface area (Å²) in [5.74, 6) is 0.498. The number of rotatable bonds is 7. The monoisotopic (exact) mass is 277 g/mol. The first-order chi connectivity index (χ1) is 9.63. The number of aliphatic hydroxyl groups is 1. The molecule has 20 heavy (non-hydrogen) atoms. The first-order valence-corrected chi connectivity index (χ1v) is 7.20. The molecular formula is C15H23N3O2. The molecule has 0 amide bonds. The van der Waals surface area contributed by atoms with Gasteiger partial charge < -0.3 is 20.4 Å². The fourth-order valence-corrected chi connectivity index (χ4v) is 2.41. The van der Waals surface area contributed by atoms with Gasteiger partial charge in [-0.3, -0.25) is 0 Å². The second kappa shape index (κ2) is 6.72. The Balaban J connectivity index is 2.03. The third-order valence-corrected chi connectivity index (χ3v) is 3.87. The Morgan fingerprint density at radius 2 is 2.05 bits per heavy atom. The van der Waals surface area contributed by atoms with Crippen molar-refractivity contribution in [3.8, 4) is 0 Å². The van der Waals surface area contributed by atoms with Gasteiger partial charge in [0, 0.05) is 12.6 Å². The van der Waals surface area contributed by atoms with Crippen LogP contribution in [0, 0.1) is 5.92 Å². The number of hydrogen-bond acceptors (Lipinski definition) is 3. The number of benzene rings is 1. The van der Waals surface area contributed by atoms with Crippen LogP contribution >= 0.6 is 0 Å². The van der Waals surface area contributed by atoms with Crippen LogP contribution in [0.2, 0.25) is 0 Å². The number of aliphatic hydroxyl groups excluding tert-OH is 1. The molecule has 1 aromatic heterocycles. The van der Waals surface area contributed by atoms with Crippen LogP contribution in [0.15, 0.2) is 23.0 Å². The average Bonchev–Trinajstić information content (AvgIpc) is 2.82. The lowest BCUT2D eigenvalue weighted by atomic mass is 10.0. The molecule has 2 aromatic rings. The largest absolute Gasteiger partial charge is 0.396 e. The van der Waals surface area contributed by atoms with Crippen molar-refractivity contribution in [3.05, 3.63) is 34.2 Å². The number of aromatic nitrogens is 2. The van der Waals surface area contributed by atoms with Crippen molar-refractivity contribution < 1.29 is 5.11 Å². The minimum atomic E-state index is -0.174. The molecule has 1 heterocycles. The van der Waals surface area contributed by atoms with E-state index in [0.717, 1.165) is 36.0 Å². The van der Waals surface area contributed by atoms with Crippen LogP contribution in [0.3, 0.4) is 0 Å². The fraction of sp³-hybridized carbons (Fsp3) is 0.533. The second-order valence-corrected chi connectivity index (χ2v) is 5.30. The van der Waals surface area contributed by atoms with E-state index in [9.17, 15) is 4.79 Å². The Morgan fingerprint density at radius 3 is 2.75 bits per heavy atom. The maximum absolute atomic E-state index is 11.2. The Bertz CT molecular complexity index is 602. The van der Waals surface area contributed by atoms with Gasteiger partial charge >= 0.3 is 5.69 Å². The average molecular weight is 277 g/mol. The Hall–Kier alpha value is -1.59. The zero-order valence-electron chi connectivity index (χ0n) is 12.1. The van der Waals surface area contributed by atoms with Gasteiger partial charge in [-0.2, -0.15) is 0 Å². The van der Waals surface area contributed by atoms with Crippen LogP contribution in [0.4, 0.5) is 0 Å². The minimum absolute atomic E-state index is 0.174. The summed E-state index contributed by atoms with van der Waals surface area (Å²) in [7, 11) is 0. The zero-order valence-corrected chi connectivity index (χ0v) is 12.1. The molecule has 5 nitrogen and oxygen atoms in total. The fourth-order valence-electron chi connectivity index (χ4n) is 2.41. The summed E-state index contributed by atoms with van der Waals surface area (Å²) >= 11 is 0. The number of fused-ring (bicyclic) bond motifs is 1. The first-order valence-electron chi connectivity index (χ1n) is 7.20. The maximum atomic E-state index is 11.2. The van der Waals surface area contributed by atoms with Gasteiger partial charge in [0.1, 0.15) is 0 Å². The molecule has 110 valence electrons. The third-order valence-electron chi connectivity index (χ3n) is 3.87. The molecule has 0 saturated carbocycles. The molecule has 0 fully saturated rings. The summed E-state index contributed by atoms with van der Waals surface area (Å²) < 4.78 is 0. The Labute approximate surface area is 118 Å². The number of nitrogens with one attached hydrogen (secondary N) is 3. The van der Waals surface area contributed by atoms with E-state index in [1.54, 1.807) is 0 Å². The van der Waals surface area contributed by atoms with Crippen molar-refractivity contribution in [2.24, 2.45) is 5.92 Å². The summed E-state index contributed by atoms with van der Waals surface area (Å²) in [4.78, 5) is 16.8. The lowest BCUT2D eigenvalue weighted by Crippen LogP contribution is -2.26. The van der Waals surface area contributed by atoms with E-state index in [1.165, 1.54) is 0 Å². The summed E-state index contributed by atoms with van der Waals surface area (Å²) in [6.07, 6.45) is 1.89. The predicted octanol–water partition coefficient (Wildman–Crippen LogP) is 1.92. The van der Waals surface area contributed by atoms with Crippen molar-refractivity contribution in [2.45, 2.75) is 32.7 Å². The van der Waals surface area contributed by atoms with Crippen LogP contribution in [0.5, 0.6) is 0 Å². The molecule has 4 N–H and O–H groups in total. The molecule has 1 aromatic carbocycles. The Morgan fingerprint density at radius 1 is 1.30 bits per heavy atom. The summed E-state index contributed by atoms with van der Waals surface area (Å²) in [6, 6.07) is 6.16. The van der Waals surface area contributed by atoms with Gasteiger partial charge in [-0.05, 0) is 43.5 Å². The highest BCUT2D eigenvalue weighted by Gasteiger charge is 2.10. The summed E-state index contributed by atoms with van der Waals surface area (Å²) in [5, 5.41) is 12.5. The van der Waals surface area contributed by atoms with Gasteiger partial charge in [-0.25, -0.2) is 4.79 Å². The predicted molar refractivity (Wildman–Crippen MR) is 80.8 cm³/mol. The maximum Gasteiger partial charge on any atom is 0.323 e. The summed E-state index contributed by atoms with van der Waals surface area (Å²) in [5.41, 5.74) is 2.64. The molecular weight excluding hydrogens is 254 g/mol. The lowest BCUT2D eigenvalue weighted by molar-refractivity contribution is 0.249. The minimum Gasteiger partial charge on any atom is -0.396 e. The highest BCUT2D eigenvalue weighted by atomic mass is 16.3. The number of aromatic amines is 2. The molecule has 0 spiro atoms. The molecule has 2 unspecified atom stereocenters. The van der Waals surface area contributed by atoms with Crippen LogP contribution in [-0.4, -0.2) is 28.2 Å². The molecule has 2 atom stereocenters. The number of H-pyrrole nitrogens is 2. The van der Waals surface area contributed by atoms with Gasteiger partial charge in [0.2, 0.25) is 0 Å². The van der Waals surface area contributed by atoms with Crippen LogP contribution < -0.4 is 11.0 Å². The van der Waals surface area contributed by atoms with Gasteiger partial charge in [0.05, 0.1) is 11.0 Å². The molecule has 0 aliphatic rings. The van der Waals surface area contributed by atoms with E-state index < -0.39 is 0 Å². The standard InChI is InChI=1S/C15H23N3O2/c1-3-11(6-7-19)9-16-10(2)12-4-5-13-14(8-12)18-15(20)17-13/h4-5,8,10-11,16,19H,3,6-7,9H2,1-2H3,(H2,17,18,20). The van der Waals surface area contributed by atoms with E-state index in [1.807, 2.05) is 18.2 Å². The topological polar surface area (TPSA) is 80.9 Å². The molecule has 5 heteroatoms. The first kappa shape index (κ1) is 14.8. The van der Waals surface area contributed by atoms with E-state index in [0.29, 0.717) is 5.92 Å². The van der Waals surface area contributed by atoms with E-state index in [4.69, 9.17) is 5.11 Å². The van der Waals surface area contributed by atoms with E-state index in [2.05, 4.69) is 29.1 Å². The van der Waals surface area contributed by atoms with Crippen LogP contribution in [0.25, 0.3) is 11.0 Å². The van der Waals surface area contributed by atoms with Crippen molar-refractivity contribution in [1.82, 2.24) is 15.3 Å². The van der Waals surface area contributed by atoms with Gasteiger partial charge in [0.25, 0.3) is 0 Å². The van der Waals surface area contributed by atoms with Crippen molar-refractivity contribution >= 4 is 11.0 Å². The molecule has 0 radical (unpaired) electrons. The quantitative estimate of drug-likeness (QED) is 0.624. The normalized spacial score (nSPS) is 14.6. The van der Waals surface area contributed by atoms with Crippen molar-refractivity contribution in [3.63, 3.8) is 0 Å². The highest BCUT2D eigenvalue weighted by molar-refractivity contribution is 5.75. The van der Waals surface area contributed by atoms with Crippen molar-refractivity contribution in [1.29, 1.82) is 0 Å². The highest BCUT2D eigenvalue weighted by Crippen LogP contribution is 2.18. The number of imidazole rings is 1. The molecule has 0 aliphatic heterocycles. The Kier molecular flexibility index (Phi) is 4.98. The lowest BCUT2D eigenvalue weighted by Gasteiger charge is -2.19. The molecule has 0 saturated heterocycles. The van der Waals surface area contributed by atoms with Crippen LogP contribution in [0.1, 0.15) is 38.3 Å². The smallest absolute Gasteiger partial charge is 0.323 e.